The highest BCUT2D eigenvalue weighted by atomic mass is 16.5. The van der Waals surface area contributed by atoms with Crippen LogP contribution in [0.5, 0.6) is 5.75 Å². The Labute approximate surface area is 167 Å². The smallest absolute Gasteiger partial charge is 0.316 e. The van der Waals surface area contributed by atoms with Gasteiger partial charge in [0.2, 0.25) is 5.91 Å². The fourth-order valence-corrected chi connectivity index (χ4v) is 3.40. The van der Waals surface area contributed by atoms with Crippen LogP contribution in [-0.4, -0.2) is 18.4 Å². The lowest BCUT2D eigenvalue weighted by Gasteiger charge is -2.23. The molecule has 0 aliphatic carbocycles. The van der Waals surface area contributed by atoms with E-state index >= 15 is 0 Å². The zero-order chi connectivity index (χ0) is 20.3. The van der Waals surface area contributed by atoms with Gasteiger partial charge < -0.3 is 9.64 Å². The van der Waals surface area contributed by atoms with Gasteiger partial charge >= 0.3 is 5.97 Å². The largest absolute Gasteiger partial charge is 0.426 e. The van der Waals surface area contributed by atoms with Crippen LogP contribution in [-0.2, 0) is 21.4 Å². The average molecular weight is 380 g/mol. The van der Waals surface area contributed by atoms with Gasteiger partial charge in [0, 0.05) is 18.7 Å². The Hall–Kier alpha value is -2.62. The maximum absolute atomic E-state index is 12.6. The van der Waals surface area contributed by atoms with E-state index in [4.69, 9.17) is 4.74 Å². The minimum atomic E-state index is -0.440. The Morgan fingerprint density at radius 1 is 1.07 bits per heavy atom. The van der Waals surface area contributed by atoms with Crippen LogP contribution in [0.3, 0.4) is 0 Å². The Morgan fingerprint density at radius 2 is 1.71 bits per heavy atom. The second-order valence-electron chi connectivity index (χ2n) is 8.11. The Balaban J connectivity index is 1.64. The molecule has 28 heavy (non-hydrogen) atoms. The molecule has 0 bridgehead atoms. The van der Waals surface area contributed by atoms with Crippen molar-refractivity contribution in [1.29, 1.82) is 0 Å². The van der Waals surface area contributed by atoms with Crippen molar-refractivity contribution in [3.05, 3.63) is 59.7 Å². The monoisotopic (exact) mass is 379 g/mol. The number of nitrogens with zero attached hydrogens (tertiary/aromatic N) is 1. The van der Waals surface area contributed by atoms with E-state index in [0.717, 1.165) is 18.5 Å². The van der Waals surface area contributed by atoms with Gasteiger partial charge in [-0.15, -0.1) is 0 Å². The summed E-state index contributed by atoms with van der Waals surface area (Å²) in [5, 5.41) is 0. The number of hydrogen-bond acceptors (Lipinski definition) is 3. The van der Waals surface area contributed by atoms with Crippen LogP contribution in [0.25, 0.3) is 0 Å². The molecule has 2 aromatic rings. The van der Waals surface area contributed by atoms with Crippen molar-refractivity contribution in [2.24, 2.45) is 5.92 Å². The summed E-state index contributed by atoms with van der Waals surface area (Å²) in [7, 11) is 0. The van der Waals surface area contributed by atoms with Crippen LogP contribution >= 0.6 is 0 Å². The fourth-order valence-electron chi connectivity index (χ4n) is 3.40. The number of aryl methyl sites for hydroxylation is 1. The Morgan fingerprint density at radius 3 is 2.29 bits per heavy atom. The molecule has 1 atom stereocenters. The molecule has 1 fully saturated rings. The lowest BCUT2D eigenvalue weighted by molar-refractivity contribution is -0.139. The molecule has 1 amide bonds. The van der Waals surface area contributed by atoms with E-state index in [9.17, 15) is 9.59 Å². The van der Waals surface area contributed by atoms with E-state index in [-0.39, 0.29) is 23.7 Å². The molecule has 2 aromatic carbocycles. The van der Waals surface area contributed by atoms with E-state index in [1.54, 1.807) is 4.90 Å². The quantitative estimate of drug-likeness (QED) is 0.530. The van der Waals surface area contributed by atoms with Crippen molar-refractivity contribution in [3.63, 3.8) is 0 Å². The molecule has 0 radical (unpaired) electrons. The molecular formula is C24H29NO3. The minimum Gasteiger partial charge on any atom is -0.426 e. The van der Waals surface area contributed by atoms with E-state index < -0.39 is 5.92 Å². The number of anilines is 1. The molecule has 0 N–H and O–H groups in total. The summed E-state index contributed by atoms with van der Waals surface area (Å²) >= 11 is 0. The van der Waals surface area contributed by atoms with Crippen molar-refractivity contribution in [2.75, 3.05) is 11.4 Å². The van der Waals surface area contributed by atoms with Gasteiger partial charge in [-0.05, 0) is 53.6 Å². The van der Waals surface area contributed by atoms with Crippen LogP contribution < -0.4 is 9.64 Å². The van der Waals surface area contributed by atoms with Crippen molar-refractivity contribution < 1.29 is 14.3 Å². The third kappa shape index (κ3) is 4.27. The molecule has 0 unspecified atom stereocenters. The number of benzene rings is 2. The van der Waals surface area contributed by atoms with E-state index in [2.05, 4.69) is 27.7 Å². The minimum absolute atomic E-state index is 0.0359. The van der Waals surface area contributed by atoms with Crippen LogP contribution in [0.2, 0.25) is 0 Å². The van der Waals surface area contributed by atoms with E-state index in [1.807, 2.05) is 48.5 Å². The second kappa shape index (κ2) is 8.17. The molecule has 1 aliphatic heterocycles. The SMILES string of the molecule is CCc1ccc(N2C[C@H](C(=O)Oc3ccc(C(C)(C)CC)cc3)CC2=O)cc1. The summed E-state index contributed by atoms with van der Waals surface area (Å²) in [4.78, 5) is 26.7. The maximum atomic E-state index is 12.6. The second-order valence-corrected chi connectivity index (χ2v) is 8.11. The van der Waals surface area contributed by atoms with Gasteiger partial charge in [0.25, 0.3) is 0 Å². The Kier molecular flexibility index (Phi) is 5.87. The zero-order valence-corrected chi connectivity index (χ0v) is 17.2. The summed E-state index contributed by atoms with van der Waals surface area (Å²) in [6.07, 6.45) is 2.18. The van der Waals surface area contributed by atoms with Gasteiger partial charge in [-0.3, -0.25) is 9.59 Å². The van der Waals surface area contributed by atoms with Gasteiger partial charge in [0.1, 0.15) is 5.75 Å². The molecule has 1 heterocycles. The first-order valence-electron chi connectivity index (χ1n) is 10.1. The number of carbonyl (C=O) groups excluding carboxylic acids is 2. The molecule has 148 valence electrons. The molecule has 0 spiro atoms. The standard InChI is InChI=1S/C24H29NO3/c1-5-17-7-11-20(12-8-17)25-16-18(15-22(25)26)23(27)28-21-13-9-19(10-14-21)24(3,4)6-2/h7-14,18H,5-6,15-16H2,1-4H3/t18-/m1/s1. The number of ether oxygens (including phenoxy) is 1. The lowest BCUT2D eigenvalue weighted by Crippen LogP contribution is -2.27. The number of carbonyl (C=O) groups is 2. The summed E-state index contributed by atoms with van der Waals surface area (Å²) in [5.41, 5.74) is 3.37. The van der Waals surface area contributed by atoms with Crippen molar-refractivity contribution in [3.8, 4) is 5.75 Å². The highest BCUT2D eigenvalue weighted by Gasteiger charge is 2.36. The first-order valence-corrected chi connectivity index (χ1v) is 10.1. The topological polar surface area (TPSA) is 46.6 Å². The molecule has 3 rings (SSSR count). The maximum Gasteiger partial charge on any atom is 0.316 e. The molecular weight excluding hydrogens is 350 g/mol. The van der Waals surface area contributed by atoms with E-state index in [1.165, 1.54) is 11.1 Å². The summed E-state index contributed by atoms with van der Waals surface area (Å²) in [5.74, 6) is -0.293. The summed E-state index contributed by atoms with van der Waals surface area (Å²) in [6.45, 7) is 9.01. The number of esters is 1. The van der Waals surface area contributed by atoms with Gasteiger partial charge in [-0.25, -0.2) is 0 Å². The predicted molar refractivity (Wildman–Crippen MR) is 112 cm³/mol. The van der Waals surface area contributed by atoms with Crippen molar-refractivity contribution in [2.45, 2.75) is 52.4 Å². The third-order valence-corrected chi connectivity index (χ3v) is 5.85. The number of rotatable bonds is 6. The van der Waals surface area contributed by atoms with Crippen LogP contribution in [0.15, 0.2) is 48.5 Å². The highest BCUT2D eigenvalue weighted by Crippen LogP contribution is 2.29. The highest BCUT2D eigenvalue weighted by molar-refractivity contribution is 5.99. The number of hydrogen-bond donors (Lipinski definition) is 0. The number of amides is 1. The predicted octanol–water partition coefficient (Wildman–Crippen LogP) is 4.90. The molecule has 0 aromatic heterocycles. The molecule has 4 nitrogen and oxygen atoms in total. The molecule has 0 saturated carbocycles. The van der Waals surface area contributed by atoms with E-state index in [0.29, 0.717) is 12.3 Å². The van der Waals surface area contributed by atoms with Gasteiger partial charge in [-0.1, -0.05) is 52.0 Å². The summed E-state index contributed by atoms with van der Waals surface area (Å²) < 4.78 is 5.55. The normalized spacial score (nSPS) is 17.1. The van der Waals surface area contributed by atoms with Gasteiger partial charge in [-0.2, -0.15) is 0 Å². The Bertz CT molecular complexity index is 837. The third-order valence-electron chi connectivity index (χ3n) is 5.85. The average Bonchev–Trinajstić information content (AvgIpc) is 3.10. The molecule has 1 saturated heterocycles. The van der Waals surface area contributed by atoms with Gasteiger partial charge in [0.05, 0.1) is 5.92 Å². The van der Waals surface area contributed by atoms with Crippen LogP contribution in [0.1, 0.15) is 51.7 Å². The van der Waals surface area contributed by atoms with Gasteiger partial charge in [0.15, 0.2) is 0 Å². The fraction of sp³-hybridized carbons (Fsp3) is 0.417. The first-order chi connectivity index (χ1) is 13.3. The van der Waals surface area contributed by atoms with Crippen molar-refractivity contribution >= 4 is 17.6 Å². The molecule has 1 aliphatic rings. The van der Waals surface area contributed by atoms with Crippen molar-refractivity contribution in [1.82, 2.24) is 0 Å². The lowest BCUT2D eigenvalue weighted by atomic mass is 9.82. The zero-order valence-electron chi connectivity index (χ0n) is 17.2. The first kappa shape index (κ1) is 20.1. The van der Waals surface area contributed by atoms with Crippen LogP contribution in [0.4, 0.5) is 5.69 Å². The molecule has 4 heteroatoms. The van der Waals surface area contributed by atoms with Crippen LogP contribution in [0, 0.1) is 5.92 Å². The summed E-state index contributed by atoms with van der Waals surface area (Å²) in [6, 6.07) is 15.6.